The van der Waals surface area contributed by atoms with Gasteiger partial charge in [-0.15, -0.1) is 0 Å². The second-order valence-electron chi connectivity index (χ2n) is 5.15. The molecular formula is C20H16N2O2. The van der Waals surface area contributed by atoms with Gasteiger partial charge in [0.1, 0.15) is 36.1 Å². The second kappa shape index (κ2) is 7.35. The van der Waals surface area contributed by atoms with E-state index < -0.39 is 0 Å². The Labute approximate surface area is 141 Å². The van der Waals surface area contributed by atoms with Gasteiger partial charge in [-0.3, -0.25) is 0 Å². The number of nitrogens with zero attached hydrogens (tertiary/aromatic N) is 2. The smallest absolute Gasteiger partial charge is 0.149 e. The summed E-state index contributed by atoms with van der Waals surface area (Å²) < 4.78 is 11.6. The zero-order valence-corrected chi connectivity index (χ0v) is 13.6. The van der Waals surface area contributed by atoms with Crippen molar-refractivity contribution in [3.8, 4) is 46.6 Å². The number of rotatable bonds is 0. The van der Waals surface area contributed by atoms with Gasteiger partial charge in [-0.1, -0.05) is 23.7 Å². The lowest BCUT2D eigenvalue weighted by atomic mass is 10.2. The third-order valence-electron chi connectivity index (χ3n) is 3.27. The van der Waals surface area contributed by atoms with Crippen molar-refractivity contribution in [2.75, 3.05) is 13.2 Å². The van der Waals surface area contributed by atoms with Crippen molar-refractivity contribution >= 4 is 0 Å². The van der Waals surface area contributed by atoms with E-state index >= 15 is 0 Å². The molecule has 24 heavy (non-hydrogen) atoms. The summed E-state index contributed by atoms with van der Waals surface area (Å²) >= 11 is 0. The van der Waals surface area contributed by atoms with E-state index in [1.54, 1.807) is 12.2 Å². The zero-order valence-electron chi connectivity index (χ0n) is 13.6. The van der Waals surface area contributed by atoms with Gasteiger partial charge in [0.2, 0.25) is 0 Å². The van der Waals surface area contributed by atoms with Gasteiger partial charge in [-0.2, -0.15) is 0 Å². The highest BCUT2D eigenvalue weighted by molar-refractivity contribution is 5.69. The van der Waals surface area contributed by atoms with Gasteiger partial charge in [0, 0.05) is 11.4 Å². The van der Waals surface area contributed by atoms with E-state index in [0.29, 0.717) is 22.9 Å². The van der Waals surface area contributed by atoms with Crippen LogP contribution in [0.25, 0.3) is 11.4 Å². The summed E-state index contributed by atoms with van der Waals surface area (Å²) in [6.07, 6.45) is 3.38. The molecule has 118 valence electrons. The zero-order chi connectivity index (χ0) is 16.8. The summed E-state index contributed by atoms with van der Waals surface area (Å²) in [5, 5.41) is 0. The molecule has 0 saturated heterocycles. The van der Waals surface area contributed by atoms with Gasteiger partial charge in [0.25, 0.3) is 0 Å². The molecular weight excluding hydrogens is 300 g/mol. The van der Waals surface area contributed by atoms with Crippen LogP contribution in [-0.2, 0) is 0 Å². The Bertz CT molecular complexity index is 833. The molecule has 2 aromatic heterocycles. The first kappa shape index (κ1) is 15.6. The third kappa shape index (κ3) is 3.74. The van der Waals surface area contributed by atoms with Crippen molar-refractivity contribution in [1.29, 1.82) is 0 Å². The van der Waals surface area contributed by atoms with Gasteiger partial charge < -0.3 is 9.47 Å². The number of aromatic nitrogens is 2. The van der Waals surface area contributed by atoms with Crippen molar-refractivity contribution in [3.05, 3.63) is 47.8 Å². The number of pyridine rings is 2. The summed E-state index contributed by atoms with van der Waals surface area (Å²) in [7, 11) is 0. The van der Waals surface area contributed by atoms with Gasteiger partial charge in [-0.25, -0.2) is 9.97 Å². The highest BCUT2D eigenvalue weighted by Crippen LogP contribution is 2.33. The van der Waals surface area contributed by atoms with E-state index in [-0.39, 0.29) is 13.2 Å². The van der Waals surface area contributed by atoms with Crippen LogP contribution >= 0.6 is 0 Å². The first-order valence-electron chi connectivity index (χ1n) is 7.57. The minimum atomic E-state index is 0.261. The third-order valence-corrected chi connectivity index (χ3v) is 3.27. The van der Waals surface area contributed by atoms with E-state index in [4.69, 9.17) is 9.47 Å². The van der Waals surface area contributed by atoms with Crippen LogP contribution in [0, 0.1) is 37.5 Å². The molecule has 0 spiro atoms. The van der Waals surface area contributed by atoms with Crippen molar-refractivity contribution in [1.82, 2.24) is 9.97 Å². The van der Waals surface area contributed by atoms with Crippen LogP contribution in [0.15, 0.2) is 36.4 Å². The van der Waals surface area contributed by atoms with Crippen molar-refractivity contribution in [2.24, 2.45) is 0 Å². The molecule has 4 nitrogen and oxygen atoms in total. The average Bonchev–Trinajstić information content (AvgIpc) is 2.58. The maximum atomic E-state index is 5.78. The molecule has 2 aromatic rings. The molecule has 3 rings (SSSR count). The summed E-state index contributed by atoms with van der Waals surface area (Å²) in [5.74, 6) is 12.9. The first-order valence-corrected chi connectivity index (χ1v) is 7.57. The molecule has 0 saturated carbocycles. The molecule has 0 N–H and O–H groups in total. The number of hydrogen-bond donors (Lipinski definition) is 0. The van der Waals surface area contributed by atoms with Crippen LogP contribution in [0.4, 0.5) is 0 Å². The Hall–Kier alpha value is -3.24. The maximum absolute atomic E-state index is 5.78. The van der Waals surface area contributed by atoms with Gasteiger partial charge >= 0.3 is 0 Å². The fourth-order valence-corrected chi connectivity index (χ4v) is 2.17. The number of ether oxygens (including phenoxy) is 2. The minimum absolute atomic E-state index is 0.261. The van der Waals surface area contributed by atoms with Crippen LogP contribution in [0.3, 0.4) is 0 Å². The summed E-state index contributed by atoms with van der Waals surface area (Å²) in [5.41, 5.74) is 3.05. The highest BCUT2D eigenvalue weighted by Gasteiger charge is 2.16. The molecule has 0 bridgehead atoms. The van der Waals surface area contributed by atoms with E-state index in [1.165, 1.54) is 0 Å². The molecule has 0 atom stereocenters. The fourth-order valence-electron chi connectivity index (χ4n) is 2.17. The molecule has 0 aliphatic carbocycles. The molecule has 4 heteroatoms. The van der Waals surface area contributed by atoms with E-state index in [0.717, 1.165) is 11.4 Å². The standard InChI is InChI=1S/C20H16N2O2/c1-15-9-11-17-19(21-15)20-18(12-10-16(2)22-20)24-14-8-6-4-3-5-7-13-23-17/h3-4,9-12H,13-14H2,1-2H3/b4-3-. The van der Waals surface area contributed by atoms with Crippen LogP contribution in [0.5, 0.6) is 11.5 Å². The van der Waals surface area contributed by atoms with Gasteiger partial charge in [0.05, 0.1) is 0 Å². The molecule has 0 fully saturated rings. The number of hydrogen-bond acceptors (Lipinski definition) is 4. The largest absolute Gasteiger partial charge is 0.479 e. The Morgan fingerprint density at radius 1 is 0.750 bits per heavy atom. The van der Waals surface area contributed by atoms with E-state index in [1.807, 2.05) is 38.1 Å². The first-order chi connectivity index (χ1) is 11.7. The van der Waals surface area contributed by atoms with Crippen LogP contribution in [-0.4, -0.2) is 23.2 Å². The predicted octanol–water partition coefficient (Wildman–Crippen LogP) is 3.09. The lowest BCUT2D eigenvalue weighted by molar-refractivity contribution is 0.363. The SMILES string of the molecule is Cc1ccc2c(n1)-c1nc(C)ccc1OCC#C/C=C\C#CCO2. The van der Waals surface area contributed by atoms with E-state index in [2.05, 4.69) is 33.6 Å². The topological polar surface area (TPSA) is 44.2 Å². The van der Waals surface area contributed by atoms with Crippen molar-refractivity contribution < 1.29 is 9.47 Å². The quantitative estimate of drug-likeness (QED) is 0.701. The lowest BCUT2D eigenvalue weighted by Crippen LogP contribution is -2.03. The molecule has 0 radical (unpaired) electrons. The fraction of sp³-hybridized carbons (Fsp3) is 0.200. The molecule has 0 aromatic carbocycles. The predicted molar refractivity (Wildman–Crippen MR) is 92.6 cm³/mol. The monoisotopic (exact) mass is 316 g/mol. The number of aryl methyl sites for hydroxylation is 2. The highest BCUT2D eigenvalue weighted by atomic mass is 16.5. The molecule has 0 amide bonds. The number of allylic oxidation sites excluding steroid dienone is 2. The molecule has 3 heterocycles. The Morgan fingerprint density at radius 2 is 1.21 bits per heavy atom. The van der Waals surface area contributed by atoms with Crippen LogP contribution in [0.1, 0.15) is 11.4 Å². The second-order valence-corrected chi connectivity index (χ2v) is 5.15. The Morgan fingerprint density at radius 3 is 1.67 bits per heavy atom. The van der Waals surface area contributed by atoms with Crippen LogP contribution < -0.4 is 9.47 Å². The summed E-state index contributed by atoms with van der Waals surface area (Å²) in [4.78, 5) is 9.20. The summed E-state index contributed by atoms with van der Waals surface area (Å²) in [6.45, 7) is 4.38. The minimum Gasteiger partial charge on any atom is -0.479 e. The molecule has 0 unspecified atom stereocenters. The Kier molecular flexibility index (Phi) is 4.79. The van der Waals surface area contributed by atoms with Gasteiger partial charge in [0.15, 0.2) is 0 Å². The molecule has 1 aliphatic rings. The lowest BCUT2D eigenvalue weighted by Gasteiger charge is -2.13. The van der Waals surface area contributed by atoms with Gasteiger partial charge in [-0.05, 0) is 50.3 Å². The average molecular weight is 316 g/mol. The van der Waals surface area contributed by atoms with Crippen LogP contribution in [0.2, 0.25) is 0 Å². The van der Waals surface area contributed by atoms with Crippen molar-refractivity contribution in [2.45, 2.75) is 13.8 Å². The maximum Gasteiger partial charge on any atom is 0.149 e. The Balaban J connectivity index is 2.13. The number of fused-ring (bicyclic) bond motifs is 3. The molecule has 1 aliphatic heterocycles. The van der Waals surface area contributed by atoms with E-state index in [9.17, 15) is 0 Å². The van der Waals surface area contributed by atoms with Crippen molar-refractivity contribution in [3.63, 3.8) is 0 Å². The summed E-state index contributed by atoms with van der Waals surface area (Å²) in [6, 6.07) is 7.57. The normalized spacial score (nSPS) is 14.1.